The van der Waals surface area contributed by atoms with E-state index in [1.54, 1.807) is 0 Å². The van der Waals surface area contributed by atoms with Gasteiger partial charge in [-0.15, -0.1) is 0 Å². The predicted molar refractivity (Wildman–Crippen MR) is 115 cm³/mol. The van der Waals surface area contributed by atoms with Crippen LogP contribution in [0.3, 0.4) is 0 Å². The van der Waals surface area contributed by atoms with Gasteiger partial charge in [0.15, 0.2) is 0 Å². The van der Waals surface area contributed by atoms with Crippen LogP contribution in [0.5, 0.6) is 0 Å². The van der Waals surface area contributed by atoms with Gasteiger partial charge in [-0.3, -0.25) is 0 Å². The van der Waals surface area contributed by atoms with Gasteiger partial charge in [0.05, 0.1) is 0 Å². The minimum Gasteiger partial charge on any atom is -0.0625 e. The number of hydrogen-bond donors (Lipinski definition) is 0. The topological polar surface area (TPSA) is 0 Å². The number of benzene rings is 3. The Morgan fingerprint density at radius 1 is 0.654 bits per heavy atom. The first-order valence-corrected chi connectivity index (χ1v) is 9.94. The first-order valence-electron chi connectivity index (χ1n) is 9.94. The van der Waals surface area contributed by atoms with Crippen molar-refractivity contribution in [2.45, 2.75) is 47.0 Å². The molecule has 0 aliphatic carbocycles. The van der Waals surface area contributed by atoms with E-state index >= 15 is 0 Å². The molecule has 0 heterocycles. The summed E-state index contributed by atoms with van der Waals surface area (Å²) in [6.07, 6.45) is 3.26. The van der Waals surface area contributed by atoms with Crippen molar-refractivity contribution in [2.24, 2.45) is 5.92 Å². The van der Waals surface area contributed by atoms with Crippen LogP contribution in [0, 0.1) is 5.92 Å². The summed E-state index contributed by atoms with van der Waals surface area (Å²) in [6.45, 7) is 9.21. The summed E-state index contributed by atoms with van der Waals surface area (Å²) in [5.74, 6) is 0.638. The summed E-state index contributed by atoms with van der Waals surface area (Å²) in [5, 5.41) is 0. The van der Waals surface area contributed by atoms with Crippen LogP contribution in [0.4, 0.5) is 0 Å². The third-order valence-electron chi connectivity index (χ3n) is 5.11. The van der Waals surface area contributed by atoms with E-state index in [9.17, 15) is 0 Å². The van der Waals surface area contributed by atoms with Crippen molar-refractivity contribution in [3.63, 3.8) is 0 Å². The Morgan fingerprint density at radius 3 is 1.62 bits per heavy atom. The summed E-state index contributed by atoms with van der Waals surface area (Å²) in [4.78, 5) is 0. The number of aryl methyl sites for hydroxylation is 2. The second kappa shape index (κ2) is 8.36. The molecule has 0 aliphatic rings. The van der Waals surface area contributed by atoms with Crippen molar-refractivity contribution in [3.8, 4) is 22.3 Å². The number of rotatable bonds is 6. The van der Waals surface area contributed by atoms with Gasteiger partial charge in [-0.25, -0.2) is 0 Å². The fraction of sp³-hybridized carbons (Fsp3) is 0.308. The highest BCUT2D eigenvalue weighted by molar-refractivity contribution is 5.89. The van der Waals surface area contributed by atoms with Gasteiger partial charge in [0, 0.05) is 0 Å². The Morgan fingerprint density at radius 2 is 1.15 bits per heavy atom. The van der Waals surface area contributed by atoms with Crippen molar-refractivity contribution in [1.29, 1.82) is 0 Å². The van der Waals surface area contributed by atoms with Gasteiger partial charge in [0.1, 0.15) is 0 Å². The fourth-order valence-corrected chi connectivity index (χ4v) is 3.94. The standard InChI is InChI=1S/C26H30/c1-5-20-18-21(6-2)25(22-13-9-7-10-14-22)26(24(20)17-19(3)4)23-15-11-8-12-16-23/h7-16,18-19H,5-6,17H2,1-4H3. The molecule has 3 rings (SSSR count). The van der Waals surface area contributed by atoms with E-state index in [1.807, 2.05) is 0 Å². The Balaban J connectivity index is 2.41. The average Bonchev–Trinajstić information content (AvgIpc) is 2.68. The van der Waals surface area contributed by atoms with Gasteiger partial charge in [-0.1, -0.05) is 94.4 Å². The highest BCUT2D eigenvalue weighted by Gasteiger charge is 2.19. The Hall–Kier alpha value is -2.34. The summed E-state index contributed by atoms with van der Waals surface area (Å²) in [5.41, 5.74) is 10.0. The van der Waals surface area contributed by atoms with Gasteiger partial charge in [-0.2, -0.15) is 0 Å². The van der Waals surface area contributed by atoms with Crippen LogP contribution in [0.2, 0.25) is 0 Å². The van der Waals surface area contributed by atoms with Crippen LogP contribution in [0.15, 0.2) is 66.7 Å². The predicted octanol–water partition coefficient (Wildman–Crippen LogP) is 7.34. The maximum absolute atomic E-state index is 2.46. The monoisotopic (exact) mass is 342 g/mol. The minimum atomic E-state index is 0.638. The lowest BCUT2D eigenvalue weighted by atomic mass is 9.80. The van der Waals surface area contributed by atoms with Crippen LogP contribution in [0.1, 0.15) is 44.4 Å². The molecular formula is C26H30. The van der Waals surface area contributed by atoms with Gasteiger partial charge in [0.25, 0.3) is 0 Å². The number of hydrogen-bond acceptors (Lipinski definition) is 0. The smallest absolute Gasteiger partial charge is 0.00677 e. The van der Waals surface area contributed by atoms with Gasteiger partial charge in [0.2, 0.25) is 0 Å². The quantitative estimate of drug-likeness (QED) is 0.439. The molecule has 3 aromatic rings. The molecule has 0 spiro atoms. The average molecular weight is 343 g/mol. The van der Waals surface area contributed by atoms with Gasteiger partial charge >= 0.3 is 0 Å². The molecule has 3 aromatic carbocycles. The summed E-state index contributed by atoms with van der Waals surface area (Å²) < 4.78 is 0. The molecule has 0 fully saturated rings. The fourth-order valence-electron chi connectivity index (χ4n) is 3.94. The van der Waals surface area contributed by atoms with E-state index in [2.05, 4.69) is 94.4 Å². The van der Waals surface area contributed by atoms with Crippen molar-refractivity contribution in [3.05, 3.63) is 83.4 Å². The summed E-state index contributed by atoms with van der Waals surface area (Å²) in [6, 6.07) is 24.4. The molecule has 0 heteroatoms. The Labute approximate surface area is 158 Å². The molecule has 0 unspecified atom stereocenters. The van der Waals surface area contributed by atoms with Crippen molar-refractivity contribution < 1.29 is 0 Å². The zero-order valence-electron chi connectivity index (χ0n) is 16.5. The lowest BCUT2D eigenvalue weighted by Gasteiger charge is -2.24. The molecule has 0 aromatic heterocycles. The van der Waals surface area contributed by atoms with E-state index < -0.39 is 0 Å². The molecule has 0 atom stereocenters. The second-order valence-electron chi connectivity index (χ2n) is 7.46. The Bertz CT molecular complexity index is 842. The van der Waals surface area contributed by atoms with Crippen molar-refractivity contribution >= 4 is 0 Å². The molecule has 0 saturated carbocycles. The van der Waals surface area contributed by atoms with Crippen molar-refractivity contribution in [2.75, 3.05) is 0 Å². The molecule has 0 aliphatic heterocycles. The molecular weight excluding hydrogens is 312 g/mol. The first kappa shape index (κ1) is 18.5. The molecule has 0 saturated heterocycles. The second-order valence-corrected chi connectivity index (χ2v) is 7.46. The van der Waals surface area contributed by atoms with Crippen LogP contribution < -0.4 is 0 Å². The summed E-state index contributed by atoms with van der Waals surface area (Å²) in [7, 11) is 0. The van der Waals surface area contributed by atoms with E-state index in [0.717, 1.165) is 19.3 Å². The molecule has 0 radical (unpaired) electrons. The van der Waals surface area contributed by atoms with Gasteiger partial charge in [-0.05, 0) is 64.1 Å². The lowest BCUT2D eigenvalue weighted by molar-refractivity contribution is 0.644. The summed E-state index contributed by atoms with van der Waals surface area (Å²) >= 11 is 0. The Kier molecular flexibility index (Phi) is 5.93. The maximum atomic E-state index is 2.46. The van der Waals surface area contributed by atoms with Crippen LogP contribution in [-0.4, -0.2) is 0 Å². The lowest BCUT2D eigenvalue weighted by Crippen LogP contribution is -2.06. The normalized spacial score (nSPS) is 11.1. The molecule has 0 N–H and O–H groups in total. The van der Waals surface area contributed by atoms with E-state index in [4.69, 9.17) is 0 Å². The third-order valence-corrected chi connectivity index (χ3v) is 5.11. The zero-order chi connectivity index (χ0) is 18.5. The SMILES string of the molecule is CCc1cc(CC)c(-c2ccccc2)c(-c2ccccc2)c1CC(C)C. The van der Waals surface area contributed by atoms with E-state index in [-0.39, 0.29) is 0 Å². The van der Waals surface area contributed by atoms with Crippen LogP contribution in [-0.2, 0) is 19.3 Å². The van der Waals surface area contributed by atoms with Crippen LogP contribution >= 0.6 is 0 Å². The molecule has 0 bridgehead atoms. The largest absolute Gasteiger partial charge is 0.0625 e. The minimum absolute atomic E-state index is 0.638. The first-order chi connectivity index (χ1) is 12.7. The van der Waals surface area contributed by atoms with Crippen LogP contribution in [0.25, 0.3) is 22.3 Å². The maximum Gasteiger partial charge on any atom is -0.00677 e. The molecule has 134 valence electrons. The molecule has 0 amide bonds. The molecule has 0 nitrogen and oxygen atoms in total. The van der Waals surface area contributed by atoms with E-state index in [1.165, 1.54) is 38.9 Å². The van der Waals surface area contributed by atoms with E-state index in [0.29, 0.717) is 5.92 Å². The highest BCUT2D eigenvalue weighted by atomic mass is 14.2. The van der Waals surface area contributed by atoms with Gasteiger partial charge < -0.3 is 0 Å². The highest BCUT2D eigenvalue weighted by Crippen LogP contribution is 2.41. The van der Waals surface area contributed by atoms with Crippen molar-refractivity contribution in [1.82, 2.24) is 0 Å². The zero-order valence-corrected chi connectivity index (χ0v) is 16.5. The third kappa shape index (κ3) is 3.75. The molecule has 26 heavy (non-hydrogen) atoms.